The summed E-state index contributed by atoms with van der Waals surface area (Å²) >= 11 is 0. The lowest BCUT2D eigenvalue weighted by molar-refractivity contribution is -0.140. The molecule has 0 amide bonds. The molecule has 0 aliphatic heterocycles. The maximum atomic E-state index is 12.4. The number of aromatic nitrogens is 2. The van der Waals surface area contributed by atoms with Crippen LogP contribution < -0.4 is 11.5 Å². The molecule has 8 heteroatoms. The van der Waals surface area contributed by atoms with Crippen LogP contribution in [-0.2, 0) is 22.5 Å². The molecule has 0 aliphatic carbocycles. The Morgan fingerprint density at radius 2 is 1.76 bits per heavy atom. The summed E-state index contributed by atoms with van der Waals surface area (Å²) in [7, 11) is 1.38. The summed E-state index contributed by atoms with van der Waals surface area (Å²) in [5.74, 6) is 5.25. The van der Waals surface area contributed by atoms with E-state index in [4.69, 9.17) is 5.84 Å². The number of nitrogens with two attached hydrogens (primary N) is 1. The van der Waals surface area contributed by atoms with E-state index in [1.54, 1.807) is 6.92 Å². The SMILES string of the molecule is CCCCCCC(C)(O)CCn1c(CCCCCCC(=O)OC)c(O)n(N)c1=O. The molecule has 8 nitrogen and oxygen atoms in total. The fourth-order valence-electron chi connectivity index (χ4n) is 3.50. The number of methoxy groups -OCH3 is 1. The van der Waals surface area contributed by atoms with Crippen LogP contribution in [0.25, 0.3) is 0 Å². The number of hydrogen-bond donors (Lipinski definition) is 3. The Morgan fingerprint density at radius 3 is 2.41 bits per heavy atom. The summed E-state index contributed by atoms with van der Waals surface area (Å²) in [6.07, 6.45) is 9.64. The van der Waals surface area contributed by atoms with Crippen LogP contribution in [0, 0.1) is 0 Å². The molecule has 1 atom stereocenters. The monoisotopic (exact) mass is 413 g/mol. The Hall–Kier alpha value is -1.96. The van der Waals surface area contributed by atoms with Crippen LogP contribution in [-0.4, -0.2) is 38.1 Å². The number of unbranched alkanes of at least 4 members (excludes halogenated alkanes) is 6. The third-order valence-electron chi connectivity index (χ3n) is 5.46. The summed E-state index contributed by atoms with van der Waals surface area (Å²) in [6.45, 7) is 4.26. The predicted molar refractivity (Wildman–Crippen MR) is 113 cm³/mol. The van der Waals surface area contributed by atoms with Crippen LogP contribution in [0.3, 0.4) is 0 Å². The van der Waals surface area contributed by atoms with Crippen molar-refractivity contribution in [3.63, 3.8) is 0 Å². The Bertz CT molecular complexity index is 679. The number of nitrogen functional groups attached to an aromatic ring is 1. The average Bonchev–Trinajstić information content (AvgIpc) is 2.89. The molecule has 0 bridgehead atoms. The predicted octanol–water partition coefficient (Wildman–Crippen LogP) is 2.85. The number of aromatic hydroxyl groups is 1. The van der Waals surface area contributed by atoms with E-state index < -0.39 is 11.3 Å². The number of rotatable bonds is 15. The molecular weight excluding hydrogens is 374 g/mol. The first-order chi connectivity index (χ1) is 13.7. The number of carbonyl (C=O) groups excluding carboxylic acids is 1. The summed E-state index contributed by atoms with van der Waals surface area (Å²) in [5.41, 5.74) is -0.817. The van der Waals surface area contributed by atoms with Gasteiger partial charge in [0.05, 0.1) is 18.4 Å². The molecule has 0 saturated heterocycles. The lowest BCUT2D eigenvalue weighted by Crippen LogP contribution is -2.33. The molecule has 0 aliphatic rings. The molecule has 0 fully saturated rings. The van der Waals surface area contributed by atoms with Gasteiger partial charge in [-0.05, 0) is 39.0 Å². The molecule has 1 aromatic rings. The van der Waals surface area contributed by atoms with Gasteiger partial charge in [0, 0.05) is 13.0 Å². The topological polar surface area (TPSA) is 120 Å². The summed E-state index contributed by atoms with van der Waals surface area (Å²) in [6, 6.07) is 0. The van der Waals surface area contributed by atoms with E-state index in [-0.39, 0.29) is 11.8 Å². The van der Waals surface area contributed by atoms with Gasteiger partial charge in [-0.25, -0.2) is 4.79 Å². The van der Waals surface area contributed by atoms with Crippen molar-refractivity contribution in [2.45, 2.75) is 103 Å². The van der Waals surface area contributed by atoms with Crippen molar-refractivity contribution in [2.24, 2.45) is 0 Å². The highest BCUT2D eigenvalue weighted by Gasteiger charge is 2.23. The summed E-state index contributed by atoms with van der Waals surface area (Å²) < 4.78 is 6.86. The first kappa shape index (κ1) is 25.1. The minimum Gasteiger partial charge on any atom is -0.492 e. The van der Waals surface area contributed by atoms with E-state index in [9.17, 15) is 19.8 Å². The molecule has 4 N–H and O–H groups in total. The van der Waals surface area contributed by atoms with E-state index in [2.05, 4.69) is 11.7 Å². The van der Waals surface area contributed by atoms with Gasteiger partial charge in [-0.1, -0.05) is 45.4 Å². The van der Waals surface area contributed by atoms with Crippen LogP contribution in [0.15, 0.2) is 4.79 Å². The lowest BCUT2D eigenvalue weighted by atomic mass is 9.94. The lowest BCUT2D eigenvalue weighted by Gasteiger charge is -2.23. The van der Waals surface area contributed by atoms with Crippen LogP contribution in [0.2, 0.25) is 0 Å². The highest BCUT2D eigenvalue weighted by atomic mass is 16.5. The van der Waals surface area contributed by atoms with Gasteiger partial charge in [0.1, 0.15) is 0 Å². The first-order valence-electron chi connectivity index (χ1n) is 10.8. The van der Waals surface area contributed by atoms with Gasteiger partial charge in [-0.2, -0.15) is 4.68 Å². The standard InChI is InChI=1S/C21H39N3O5/c1-4-5-6-11-14-21(2,28)15-16-23-17(19(26)24(22)20(23)27)12-9-7-8-10-13-18(25)29-3/h26,28H,4-16,22H2,1-3H3. The molecule has 168 valence electrons. The molecule has 0 radical (unpaired) electrons. The second kappa shape index (κ2) is 12.6. The minimum absolute atomic E-state index is 0.210. The Labute approximate surface area is 173 Å². The van der Waals surface area contributed by atoms with Crippen LogP contribution in [0.1, 0.15) is 90.2 Å². The zero-order valence-electron chi connectivity index (χ0n) is 18.3. The molecule has 29 heavy (non-hydrogen) atoms. The second-order valence-electron chi connectivity index (χ2n) is 8.12. The summed E-state index contributed by atoms with van der Waals surface area (Å²) in [5, 5.41) is 20.8. The largest absolute Gasteiger partial charge is 0.492 e. The van der Waals surface area contributed by atoms with Gasteiger partial charge >= 0.3 is 11.7 Å². The number of ether oxygens (including phenoxy) is 1. The Morgan fingerprint density at radius 1 is 1.10 bits per heavy atom. The highest BCUT2D eigenvalue weighted by molar-refractivity contribution is 5.68. The van der Waals surface area contributed by atoms with Crippen molar-refractivity contribution >= 4 is 5.97 Å². The normalized spacial score (nSPS) is 13.4. The number of aliphatic hydroxyl groups is 1. The number of esters is 1. The van der Waals surface area contributed by atoms with Gasteiger partial charge in [-0.15, -0.1) is 0 Å². The Balaban J connectivity index is 2.59. The van der Waals surface area contributed by atoms with Crippen molar-refractivity contribution in [2.75, 3.05) is 13.0 Å². The van der Waals surface area contributed by atoms with Crippen LogP contribution in [0.4, 0.5) is 0 Å². The van der Waals surface area contributed by atoms with Gasteiger partial charge in [0.2, 0.25) is 5.88 Å². The molecule has 0 spiro atoms. The molecule has 1 aromatic heterocycles. The van der Waals surface area contributed by atoms with Gasteiger partial charge < -0.3 is 20.8 Å². The van der Waals surface area contributed by atoms with Crippen molar-refractivity contribution in [1.82, 2.24) is 9.24 Å². The average molecular weight is 414 g/mol. The molecule has 0 aromatic carbocycles. The number of imidazole rings is 1. The maximum Gasteiger partial charge on any atom is 0.350 e. The third-order valence-corrected chi connectivity index (χ3v) is 5.46. The fraction of sp³-hybridized carbons (Fsp3) is 0.810. The Kier molecular flexibility index (Phi) is 10.9. The third kappa shape index (κ3) is 8.51. The summed E-state index contributed by atoms with van der Waals surface area (Å²) in [4.78, 5) is 23.5. The fourth-order valence-corrected chi connectivity index (χ4v) is 3.50. The van der Waals surface area contributed by atoms with Crippen molar-refractivity contribution in [3.05, 3.63) is 16.2 Å². The molecule has 1 heterocycles. The van der Waals surface area contributed by atoms with Crippen LogP contribution >= 0.6 is 0 Å². The number of nitrogens with zero attached hydrogens (tertiary/aromatic N) is 2. The quantitative estimate of drug-likeness (QED) is 0.231. The van der Waals surface area contributed by atoms with Crippen molar-refractivity contribution in [3.8, 4) is 5.88 Å². The van der Waals surface area contributed by atoms with Crippen LogP contribution in [0.5, 0.6) is 5.88 Å². The van der Waals surface area contributed by atoms with E-state index in [0.717, 1.165) is 56.0 Å². The van der Waals surface area contributed by atoms with Gasteiger partial charge in [-0.3, -0.25) is 9.36 Å². The van der Waals surface area contributed by atoms with E-state index in [0.29, 0.717) is 37.9 Å². The smallest absolute Gasteiger partial charge is 0.350 e. The maximum absolute atomic E-state index is 12.4. The minimum atomic E-state index is -0.856. The van der Waals surface area contributed by atoms with E-state index >= 15 is 0 Å². The van der Waals surface area contributed by atoms with E-state index in [1.807, 2.05) is 0 Å². The molecular formula is C21H39N3O5. The number of carbonyl (C=O) groups is 1. The first-order valence-corrected chi connectivity index (χ1v) is 10.8. The zero-order valence-corrected chi connectivity index (χ0v) is 18.3. The van der Waals surface area contributed by atoms with E-state index in [1.165, 1.54) is 11.7 Å². The zero-order chi connectivity index (χ0) is 21.9. The van der Waals surface area contributed by atoms with Gasteiger partial charge in [0.25, 0.3) is 0 Å². The molecule has 1 rings (SSSR count). The van der Waals surface area contributed by atoms with Crippen molar-refractivity contribution < 1.29 is 19.7 Å². The molecule has 0 saturated carbocycles. The highest BCUT2D eigenvalue weighted by Crippen LogP contribution is 2.22. The van der Waals surface area contributed by atoms with Gasteiger partial charge in [0.15, 0.2) is 0 Å². The number of hydrogen-bond acceptors (Lipinski definition) is 6. The molecule has 1 unspecified atom stereocenters. The van der Waals surface area contributed by atoms with Crippen molar-refractivity contribution in [1.29, 1.82) is 0 Å². The second-order valence-corrected chi connectivity index (χ2v) is 8.12.